The molecule has 3 saturated carbocycles. The largest absolute Gasteiger partial charge is 0.353 e. The predicted octanol–water partition coefficient (Wildman–Crippen LogP) is 4.47. The zero-order chi connectivity index (χ0) is 18.4. The molecule has 0 spiro atoms. The number of Topliss-reactive ketones (excluding diaryl/α,β-unsaturated/α-hetero) is 1. The molecule has 1 aromatic carbocycles. The normalized spacial score (nSPS) is 30.3. The molecule has 0 aliphatic heterocycles. The van der Waals surface area contributed by atoms with Gasteiger partial charge in [-0.25, -0.2) is 0 Å². The Morgan fingerprint density at radius 1 is 1.16 bits per heavy atom. The van der Waals surface area contributed by atoms with Gasteiger partial charge in [0.2, 0.25) is 5.91 Å². The quantitative estimate of drug-likeness (QED) is 0.803. The molecule has 3 aliphatic carbocycles. The maximum atomic E-state index is 12.9. The van der Waals surface area contributed by atoms with Crippen LogP contribution < -0.4 is 5.32 Å². The Hall–Kier alpha value is -1.64. The van der Waals surface area contributed by atoms with Crippen molar-refractivity contribution in [1.82, 2.24) is 5.32 Å². The minimum absolute atomic E-state index is 0.00716. The van der Waals surface area contributed by atoms with Gasteiger partial charge in [0, 0.05) is 18.0 Å². The highest BCUT2D eigenvalue weighted by atomic mass is 16.2. The van der Waals surface area contributed by atoms with Gasteiger partial charge in [0.05, 0.1) is 5.41 Å². The second-order valence-corrected chi connectivity index (χ2v) is 9.39. The van der Waals surface area contributed by atoms with Crippen molar-refractivity contribution >= 4 is 11.7 Å². The highest BCUT2D eigenvalue weighted by Crippen LogP contribution is 2.61. The molecule has 1 N–H and O–H groups in total. The van der Waals surface area contributed by atoms with Crippen molar-refractivity contribution in [2.45, 2.75) is 59.9 Å². The van der Waals surface area contributed by atoms with Crippen molar-refractivity contribution in [3.05, 3.63) is 35.9 Å². The Bertz CT molecular complexity index is 662. The number of hydrogen-bond acceptors (Lipinski definition) is 2. The van der Waals surface area contributed by atoms with E-state index in [0.717, 1.165) is 6.42 Å². The Kier molecular flexibility index (Phi) is 4.55. The van der Waals surface area contributed by atoms with E-state index in [1.165, 1.54) is 6.42 Å². The number of carbonyl (C=O) groups is 2. The topological polar surface area (TPSA) is 46.2 Å². The number of carbonyl (C=O) groups excluding carboxylic acids is 2. The van der Waals surface area contributed by atoms with Gasteiger partial charge in [-0.1, -0.05) is 65.0 Å². The van der Waals surface area contributed by atoms with E-state index in [-0.39, 0.29) is 24.2 Å². The van der Waals surface area contributed by atoms with Crippen molar-refractivity contribution in [1.29, 1.82) is 0 Å². The molecule has 3 nitrogen and oxygen atoms in total. The van der Waals surface area contributed by atoms with Gasteiger partial charge in [0.25, 0.3) is 0 Å². The first-order chi connectivity index (χ1) is 11.6. The summed E-state index contributed by atoms with van der Waals surface area (Å²) in [5.74, 6) is 1.96. The van der Waals surface area contributed by atoms with Crippen LogP contribution in [0.1, 0.15) is 64.2 Å². The second-order valence-electron chi connectivity index (χ2n) is 9.39. The molecule has 3 heteroatoms. The molecule has 136 valence electrons. The molecule has 2 bridgehead atoms. The second kappa shape index (κ2) is 6.26. The van der Waals surface area contributed by atoms with Crippen LogP contribution in [-0.2, 0) is 4.79 Å². The Labute approximate surface area is 151 Å². The zero-order valence-corrected chi connectivity index (χ0v) is 16.1. The molecule has 0 aromatic heterocycles. The van der Waals surface area contributed by atoms with E-state index in [2.05, 4.69) is 26.1 Å². The van der Waals surface area contributed by atoms with Gasteiger partial charge in [0.15, 0.2) is 5.78 Å². The molecule has 3 aliphatic rings. The lowest BCUT2D eigenvalue weighted by Gasteiger charge is -2.62. The van der Waals surface area contributed by atoms with E-state index in [1.54, 1.807) is 0 Å². The molecular formula is C22H31NO2. The average molecular weight is 341 g/mol. The van der Waals surface area contributed by atoms with Gasteiger partial charge in [-0.15, -0.1) is 0 Å². The van der Waals surface area contributed by atoms with Crippen molar-refractivity contribution in [3.8, 4) is 0 Å². The first-order valence-corrected chi connectivity index (χ1v) is 9.52. The number of benzene rings is 1. The van der Waals surface area contributed by atoms with Crippen LogP contribution in [-0.4, -0.2) is 17.7 Å². The standard InChI is InChI=1S/C22H31NO2/c1-14-17-11-16(22(17,4)5)12-18(14)23-20(25)21(2,3)13-19(24)15-9-7-6-8-10-15/h6-10,14,16-18H,11-13H2,1-5H3,(H,23,25)/t14-,16+,17-,18?/m1/s1. The molecule has 0 heterocycles. The summed E-state index contributed by atoms with van der Waals surface area (Å²) in [5.41, 5.74) is 0.404. The first kappa shape index (κ1) is 18.2. The highest BCUT2D eigenvalue weighted by molar-refractivity contribution is 5.99. The molecule has 25 heavy (non-hydrogen) atoms. The Balaban J connectivity index is 1.62. The summed E-state index contributed by atoms with van der Waals surface area (Å²) in [6, 6.07) is 9.49. The summed E-state index contributed by atoms with van der Waals surface area (Å²) < 4.78 is 0. The van der Waals surface area contributed by atoms with Gasteiger partial charge in [-0.3, -0.25) is 9.59 Å². The summed E-state index contributed by atoms with van der Waals surface area (Å²) in [5, 5.41) is 3.27. The van der Waals surface area contributed by atoms with Crippen LogP contribution in [0.15, 0.2) is 30.3 Å². The molecule has 1 amide bonds. The zero-order valence-electron chi connectivity index (χ0n) is 16.1. The fraction of sp³-hybridized carbons (Fsp3) is 0.636. The Morgan fingerprint density at radius 2 is 1.80 bits per heavy atom. The van der Waals surface area contributed by atoms with E-state index in [9.17, 15) is 9.59 Å². The van der Waals surface area contributed by atoms with Crippen molar-refractivity contribution < 1.29 is 9.59 Å². The van der Waals surface area contributed by atoms with Crippen molar-refractivity contribution in [3.63, 3.8) is 0 Å². The number of nitrogens with one attached hydrogen (secondary N) is 1. The molecule has 3 fully saturated rings. The summed E-state index contributed by atoms with van der Waals surface area (Å²) in [4.78, 5) is 25.4. The minimum atomic E-state index is -0.691. The van der Waals surface area contributed by atoms with Crippen LogP contribution in [0, 0.1) is 28.6 Å². The smallest absolute Gasteiger partial charge is 0.226 e. The van der Waals surface area contributed by atoms with Crippen LogP contribution in [0.2, 0.25) is 0 Å². The van der Waals surface area contributed by atoms with E-state index < -0.39 is 5.41 Å². The number of rotatable bonds is 5. The van der Waals surface area contributed by atoms with Crippen LogP contribution in [0.3, 0.4) is 0 Å². The monoisotopic (exact) mass is 341 g/mol. The van der Waals surface area contributed by atoms with Crippen molar-refractivity contribution in [2.75, 3.05) is 0 Å². The van der Waals surface area contributed by atoms with E-state index >= 15 is 0 Å². The van der Waals surface area contributed by atoms with Gasteiger partial charge >= 0.3 is 0 Å². The predicted molar refractivity (Wildman–Crippen MR) is 100 cm³/mol. The lowest BCUT2D eigenvalue weighted by atomic mass is 9.44. The maximum absolute atomic E-state index is 12.9. The molecule has 1 unspecified atom stereocenters. The first-order valence-electron chi connectivity index (χ1n) is 9.52. The van der Waals surface area contributed by atoms with Gasteiger partial charge < -0.3 is 5.32 Å². The van der Waals surface area contributed by atoms with Gasteiger partial charge in [-0.2, -0.15) is 0 Å². The lowest BCUT2D eigenvalue weighted by molar-refractivity contribution is -0.140. The average Bonchev–Trinajstić information content (AvgIpc) is 2.56. The maximum Gasteiger partial charge on any atom is 0.226 e. The van der Waals surface area contributed by atoms with E-state index in [1.807, 2.05) is 44.2 Å². The van der Waals surface area contributed by atoms with E-state index in [0.29, 0.717) is 28.7 Å². The van der Waals surface area contributed by atoms with Crippen LogP contribution in [0.5, 0.6) is 0 Å². The summed E-state index contributed by atoms with van der Waals surface area (Å²) in [6.45, 7) is 10.8. The van der Waals surface area contributed by atoms with Gasteiger partial charge in [-0.05, 0) is 36.0 Å². The molecular weight excluding hydrogens is 310 g/mol. The fourth-order valence-electron chi connectivity index (χ4n) is 4.91. The SMILES string of the molecule is C[C@H]1C(NC(=O)C(C)(C)CC(=O)c2ccccc2)C[C@@H]2C[C@H]1C2(C)C. The molecule has 1 aromatic rings. The molecule has 4 rings (SSSR count). The number of amides is 1. The summed E-state index contributed by atoms with van der Waals surface area (Å²) in [6.07, 6.45) is 2.61. The number of fused-ring (bicyclic) bond motifs is 2. The van der Waals surface area contributed by atoms with Crippen molar-refractivity contribution in [2.24, 2.45) is 28.6 Å². The molecule has 0 radical (unpaired) electrons. The third kappa shape index (κ3) is 3.26. The third-order valence-corrected chi connectivity index (χ3v) is 6.98. The summed E-state index contributed by atoms with van der Waals surface area (Å²) >= 11 is 0. The minimum Gasteiger partial charge on any atom is -0.353 e. The third-order valence-electron chi connectivity index (χ3n) is 6.98. The summed E-state index contributed by atoms with van der Waals surface area (Å²) in [7, 11) is 0. The van der Waals surface area contributed by atoms with E-state index in [4.69, 9.17) is 0 Å². The molecule has 4 atom stereocenters. The lowest BCUT2D eigenvalue weighted by Crippen LogP contribution is -2.61. The number of ketones is 1. The van der Waals surface area contributed by atoms with Crippen LogP contribution in [0.25, 0.3) is 0 Å². The fourth-order valence-corrected chi connectivity index (χ4v) is 4.91. The Morgan fingerprint density at radius 3 is 2.36 bits per heavy atom. The van der Waals surface area contributed by atoms with Crippen LogP contribution >= 0.6 is 0 Å². The molecule has 0 saturated heterocycles. The number of hydrogen-bond donors (Lipinski definition) is 1. The van der Waals surface area contributed by atoms with Gasteiger partial charge in [0.1, 0.15) is 0 Å². The van der Waals surface area contributed by atoms with Crippen LogP contribution in [0.4, 0.5) is 0 Å². The highest BCUT2D eigenvalue weighted by Gasteiger charge is 2.56.